The van der Waals surface area contributed by atoms with Gasteiger partial charge in [0, 0.05) is 22.8 Å². The lowest BCUT2D eigenvalue weighted by atomic mass is 10.1. The van der Waals surface area contributed by atoms with Crippen molar-refractivity contribution < 1.29 is 4.79 Å². The maximum atomic E-state index is 12.0. The largest absolute Gasteiger partial charge is 0.346 e. The molecule has 0 aliphatic rings. The lowest BCUT2D eigenvalue weighted by Gasteiger charge is -2.21. The smallest absolute Gasteiger partial charge is 0.268 e. The molecule has 3 nitrogen and oxygen atoms in total. The summed E-state index contributed by atoms with van der Waals surface area (Å²) in [4.78, 5) is 12.0. The lowest BCUT2D eigenvalue weighted by molar-refractivity contribution is 0.0910. The molecular formula is C12H19BrN2O. The third-order valence-corrected chi connectivity index (χ3v) is 2.48. The number of aromatic nitrogens is 1. The van der Waals surface area contributed by atoms with Gasteiger partial charge in [-0.25, -0.2) is 0 Å². The molecular weight excluding hydrogens is 268 g/mol. The first-order valence-corrected chi connectivity index (χ1v) is 6.31. The summed E-state index contributed by atoms with van der Waals surface area (Å²) in [7, 11) is 0. The molecule has 16 heavy (non-hydrogen) atoms. The van der Waals surface area contributed by atoms with Gasteiger partial charge in [0.25, 0.3) is 5.91 Å². The van der Waals surface area contributed by atoms with Crippen LogP contribution in [0.15, 0.2) is 16.7 Å². The van der Waals surface area contributed by atoms with Crippen molar-refractivity contribution in [3.05, 3.63) is 22.4 Å². The molecule has 1 aromatic rings. The summed E-state index contributed by atoms with van der Waals surface area (Å²) in [6, 6.07) is 1.86. The topological polar surface area (TPSA) is 34.0 Å². The number of carbonyl (C=O) groups is 1. The summed E-state index contributed by atoms with van der Waals surface area (Å²) >= 11 is 3.40. The Hall–Kier alpha value is -0.770. The maximum absolute atomic E-state index is 12.0. The summed E-state index contributed by atoms with van der Waals surface area (Å²) in [5.41, 5.74) is 0.508. The number of carbonyl (C=O) groups excluding carboxylic acids is 1. The molecule has 1 heterocycles. The molecule has 0 saturated carbocycles. The number of nitrogens with zero attached hydrogens (tertiary/aromatic N) is 1. The average molecular weight is 287 g/mol. The number of aryl methyl sites for hydroxylation is 1. The number of rotatable bonds is 3. The van der Waals surface area contributed by atoms with Crippen molar-refractivity contribution in [3.8, 4) is 0 Å². The van der Waals surface area contributed by atoms with E-state index in [0.717, 1.165) is 17.4 Å². The predicted molar refractivity (Wildman–Crippen MR) is 69.6 cm³/mol. The van der Waals surface area contributed by atoms with Gasteiger partial charge < -0.3 is 9.88 Å². The zero-order chi connectivity index (χ0) is 12.3. The van der Waals surface area contributed by atoms with Crippen molar-refractivity contribution >= 4 is 21.8 Å². The van der Waals surface area contributed by atoms with Crippen molar-refractivity contribution in [2.24, 2.45) is 0 Å². The molecule has 0 bridgehead atoms. The summed E-state index contributed by atoms with van der Waals surface area (Å²) in [6.45, 7) is 8.89. The summed E-state index contributed by atoms with van der Waals surface area (Å²) in [5, 5.41) is 2.97. The first-order valence-electron chi connectivity index (χ1n) is 5.51. The van der Waals surface area contributed by atoms with Crippen LogP contribution in [-0.4, -0.2) is 16.0 Å². The molecule has 0 aliphatic carbocycles. The van der Waals surface area contributed by atoms with Crippen LogP contribution in [0, 0.1) is 0 Å². The van der Waals surface area contributed by atoms with Crippen molar-refractivity contribution in [1.82, 2.24) is 9.88 Å². The Labute approximate surface area is 105 Å². The van der Waals surface area contributed by atoms with Crippen LogP contribution in [0.5, 0.6) is 0 Å². The summed E-state index contributed by atoms with van der Waals surface area (Å²) < 4.78 is 2.92. The minimum atomic E-state index is -0.203. The highest BCUT2D eigenvalue weighted by atomic mass is 79.9. The van der Waals surface area contributed by atoms with Gasteiger partial charge in [0.2, 0.25) is 0 Å². The van der Waals surface area contributed by atoms with Crippen LogP contribution in [0.3, 0.4) is 0 Å². The van der Waals surface area contributed by atoms with Gasteiger partial charge in [-0.2, -0.15) is 0 Å². The number of hydrogen-bond acceptors (Lipinski definition) is 1. The van der Waals surface area contributed by atoms with E-state index >= 15 is 0 Å². The van der Waals surface area contributed by atoms with Gasteiger partial charge in [0.15, 0.2) is 0 Å². The van der Waals surface area contributed by atoms with Gasteiger partial charge in [0.05, 0.1) is 0 Å². The Bertz CT molecular complexity index is 377. The maximum Gasteiger partial charge on any atom is 0.268 e. The highest BCUT2D eigenvalue weighted by molar-refractivity contribution is 9.10. The average Bonchev–Trinajstić information content (AvgIpc) is 2.44. The van der Waals surface area contributed by atoms with Crippen LogP contribution in [0.25, 0.3) is 0 Å². The first kappa shape index (κ1) is 13.3. The van der Waals surface area contributed by atoms with E-state index in [1.165, 1.54) is 0 Å². The molecule has 1 aromatic heterocycles. The Morgan fingerprint density at radius 2 is 2.12 bits per heavy atom. The molecule has 1 rings (SSSR count). The third-order valence-electron chi connectivity index (χ3n) is 2.05. The van der Waals surface area contributed by atoms with Crippen molar-refractivity contribution in [2.75, 3.05) is 0 Å². The van der Waals surface area contributed by atoms with E-state index in [4.69, 9.17) is 0 Å². The standard InChI is InChI=1S/C12H19BrN2O/c1-5-6-15-8-9(13)7-10(15)11(16)14-12(2,3)4/h7-8H,5-6H2,1-4H3,(H,14,16). The molecule has 0 radical (unpaired) electrons. The van der Waals surface area contributed by atoms with E-state index in [1.807, 2.05) is 37.6 Å². The molecule has 1 N–H and O–H groups in total. The normalized spacial score (nSPS) is 11.6. The number of halogens is 1. The number of amides is 1. The van der Waals surface area contributed by atoms with Crippen LogP contribution in [0.1, 0.15) is 44.6 Å². The van der Waals surface area contributed by atoms with E-state index in [1.54, 1.807) is 0 Å². The van der Waals surface area contributed by atoms with Crippen LogP contribution < -0.4 is 5.32 Å². The molecule has 0 aliphatic heterocycles. The summed E-state index contributed by atoms with van der Waals surface area (Å²) in [6.07, 6.45) is 2.96. The fourth-order valence-corrected chi connectivity index (χ4v) is 1.96. The Kier molecular flexibility index (Phi) is 4.19. The van der Waals surface area contributed by atoms with Gasteiger partial charge in [0.1, 0.15) is 5.69 Å². The van der Waals surface area contributed by atoms with Crippen molar-refractivity contribution in [3.63, 3.8) is 0 Å². The van der Waals surface area contributed by atoms with Crippen molar-refractivity contribution in [2.45, 2.75) is 46.2 Å². The third kappa shape index (κ3) is 3.67. The molecule has 90 valence electrons. The predicted octanol–water partition coefficient (Wildman–Crippen LogP) is 3.19. The van der Waals surface area contributed by atoms with Crippen LogP contribution in [0.2, 0.25) is 0 Å². The quantitative estimate of drug-likeness (QED) is 0.910. The fourth-order valence-electron chi connectivity index (χ4n) is 1.50. The summed E-state index contributed by atoms with van der Waals surface area (Å²) in [5.74, 6) is -0.0216. The van der Waals surface area contributed by atoms with Gasteiger partial charge >= 0.3 is 0 Å². The number of nitrogens with one attached hydrogen (secondary N) is 1. The molecule has 1 amide bonds. The Balaban J connectivity index is 2.90. The first-order chi connectivity index (χ1) is 7.33. The van der Waals surface area contributed by atoms with E-state index in [0.29, 0.717) is 5.69 Å². The minimum Gasteiger partial charge on any atom is -0.346 e. The van der Waals surface area contributed by atoms with E-state index < -0.39 is 0 Å². The van der Waals surface area contributed by atoms with Gasteiger partial charge in [-0.15, -0.1) is 0 Å². The van der Waals surface area contributed by atoms with Crippen LogP contribution in [-0.2, 0) is 6.54 Å². The number of hydrogen-bond donors (Lipinski definition) is 1. The molecule has 0 atom stereocenters. The monoisotopic (exact) mass is 286 g/mol. The van der Waals surface area contributed by atoms with Gasteiger partial charge in [-0.3, -0.25) is 4.79 Å². The lowest BCUT2D eigenvalue weighted by Crippen LogP contribution is -2.41. The minimum absolute atomic E-state index is 0.0216. The zero-order valence-electron chi connectivity index (χ0n) is 10.3. The zero-order valence-corrected chi connectivity index (χ0v) is 11.9. The van der Waals surface area contributed by atoms with Crippen LogP contribution >= 0.6 is 15.9 Å². The Morgan fingerprint density at radius 3 is 2.62 bits per heavy atom. The molecule has 4 heteroatoms. The Morgan fingerprint density at radius 1 is 1.50 bits per heavy atom. The van der Waals surface area contributed by atoms with E-state index in [-0.39, 0.29) is 11.4 Å². The second kappa shape index (κ2) is 5.04. The van der Waals surface area contributed by atoms with Crippen LogP contribution in [0.4, 0.5) is 0 Å². The molecule has 0 unspecified atom stereocenters. The molecule has 0 fully saturated rings. The highest BCUT2D eigenvalue weighted by Gasteiger charge is 2.18. The fraction of sp³-hybridized carbons (Fsp3) is 0.583. The molecule has 0 saturated heterocycles. The highest BCUT2D eigenvalue weighted by Crippen LogP contribution is 2.16. The van der Waals surface area contributed by atoms with Gasteiger partial charge in [-0.05, 0) is 49.2 Å². The van der Waals surface area contributed by atoms with Crippen molar-refractivity contribution in [1.29, 1.82) is 0 Å². The van der Waals surface area contributed by atoms with Gasteiger partial charge in [-0.1, -0.05) is 6.92 Å². The second-order valence-corrected chi connectivity index (χ2v) is 5.86. The molecule has 0 aromatic carbocycles. The van der Waals surface area contributed by atoms with E-state index in [9.17, 15) is 4.79 Å². The molecule has 0 spiro atoms. The SMILES string of the molecule is CCCn1cc(Br)cc1C(=O)NC(C)(C)C. The second-order valence-electron chi connectivity index (χ2n) is 4.94. The van der Waals surface area contributed by atoms with E-state index in [2.05, 4.69) is 28.2 Å².